The normalized spacial score (nSPS) is 15.7. The largest absolute Gasteiger partial charge is 0.469 e. The van der Waals surface area contributed by atoms with Gasteiger partial charge in [0.1, 0.15) is 11.4 Å². The molecule has 0 atom stereocenters. The number of aliphatic imine (C=N–C) groups is 1. The Morgan fingerprint density at radius 3 is 2.68 bits per heavy atom. The molecule has 1 aromatic rings. The molecule has 0 radical (unpaired) electrons. The first kappa shape index (κ1) is 25.0. The number of carbonyl (C=O) groups is 1. The fourth-order valence-electron chi connectivity index (χ4n) is 3.30. The van der Waals surface area contributed by atoms with Crippen molar-refractivity contribution in [1.82, 2.24) is 15.5 Å². The highest BCUT2D eigenvalue weighted by Gasteiger charge is 2.22. The van der Waals surface area contributed by atoms with Crippen molar-refractivity contribution in [2.45, 2.75) is 71.5 Å². The summed E-state index contributed by atoms with van der Waals surface area (Å²) in [5, 5.41) is 6.25. The van der Waals surface area contributed by atoms with Crippen LogP contribution in [0.4, 0.5) is 4.79 Å². The molecule has 0 aromatic carbocycles. The lowest BCUT2D eigenvalue weighted by Gasteiger charge is -2.34. The molecular formula is C23H40N4O4. The number of carbonyl (C=O) groups excluding carboxylic acids is 1. The Hall–Kier alpha value is -2.22. The second-order valence-corrected chi connectivity index (χ2v) is 8.80. The number of ether oxygens (including phenoxy) is 2. The Morgan fingerprint density at radius 2 is 2.03 bits per heavy atom. The Kier molecular flexibility index (Phi) is 10.7. The molecule has 1 amide bonds. The first-order valence-corrected chi connectivity index (χ1v) is 11.5. The highest BCUT2D eigenvalue weighted by molar-refractivity contribution is 5.80. The second kappa shape index (κ2) is 13.2. The van der Waals surface area contributed by atoms with Crippen LogP contribution >= 0.6 is 0 Å². The van der Waals surface area contributed by atoms with E-state index in [1.54, 1.807) is 6.26 Å². The van der Waals surface area contributed by atoms with Gasteiger partial charge in [-0.1, -0.05) is 6.92 Å². The molecule has 0 bridgehead atoms. The Bertz CT molecular complexity index is 647. The van der Waals surface area contributed by atoms with Gasteiger partial charge in [0.2, 0.25) is 0 Å². The maximum absolute atomic E-state index is 11.6. The van der Waals surface area contributed by atoms with Gasteiger partial charge in [0.25, 0.3) is 0 Å². The van der Waals surface area contributed by atoms with Gasteiger partial charge in [-0.15, -0.1) is 0 Å². The zero-order valence-electron chi connectivity index (χ0n) is 19.6. The number of furan rings is 1. The summed E-state index contributed by atoms with van der Waals surface area (Å²) in [6, 6.07) is 3.91. The van der Waals surface area contributed by atoms with E-state index in [1.807, 2.05) is 32.9 Å². The van der Waals surface area contributed by atoms with E-state index in [1.165, 1.54) is 0 Å². The molecule has 0 unspecified atom stereocenters. The van der Waals surface area contributed by atoms with Crippen LogP contribution in [0.2, 0.25) is 0 Å². The predicted molar refractivity (Wildman–Crippen MR) is 122 cm³/mol. The number of rotatable bonds is 10. The second-order valence-electron chi connectivity index (χ2n) is 8.80. The van der Waals surface area contributed by atoms with E-state index in [-0.39, 0.29) is 12.2 Å². The Balaban J connectivity index is 1.63. The molecule has 1 saturated heterocycles. The van der Waals surface area contributed by atoms with E-state index in [4.69, 9.17) is 18.9 Å². The lowest BCUT2D eigenvalue weighted by atomic mass is 10.1. The molecule has 0 spiro atoms. The zero-order chi connectivity index (χ0) is 22.5. The quantitative estimate of drug-likeness (QED) is 0.331. The highest BCUT2D eigenvalue weighted by atomic mass is 16.6. The number of nitrogens with zero attached hydrogens (tertiary/aromatic N) is 2. The van der Waals surface area contributed by atoms with Crippen molar-refractivity contribution in [1.29, 1.82) is 0 Å². The monoisotopic (exact) mass is 436 g/mol. The van der Waals surface area contributed by atoms with E-state index >= 15 is 0 Å². The molecule has 0 saturated carbocycles. The maximum Gasteiger partial charge on any atom is 0.407 e. The van der Waals surface area contributed by atoms with E-state index in [9.17, 15) is 4.79 Å². The lowest BCUT2D eigenvalue weighted by Crippen LogP contribution is -2.47. The molecule has 1 aliphatic rings. The van der Waals surface area contributed by atoms with Crippen molar-refractivity contribution in [2.75, 3.05) is 39.3 Å². The number of alkyl carbamates (subject to hydrolysis) is 1. The summed E-state index contributed by atoms with van der Waals surface area (Å²) >= 11 is 0. The van der Waals surface area contributed by atoms with Gasteiger partial charge >= 0.3 is 6.09 Å². The first-order valence-electron chi connectivity index (χ1n) is 11.5. The minimum Gasteiger partial charge on any atom is -0.469 e. The number of guanidine groups is 1. The summed E-state index contributed by atoms with van der Waals surface area (Å²) in [5.41, 5.74) is -0.471. The van der Waals surface area contributed by atoms with Gasteiger partial charge in [-0.05, 0) is 58.6 Å². The van der Waals surface area contributed by atoms with Crippen molar-refractivity contribution in [3.8, 4) is 0 Å². The summed E-state index contributed by atoms with van der Waals surface area (Å²) in [4.78, 5) is 18.7. The molecule has 31 heavy (non-hydrogen) atoms. The summed E-state index contributed by atoms with van der Waals surface area (Å²) in [5.74, 6) is 1.96. The van der Waals surface area contributed by atoms with E-state index in [0.717, 1.165) is 70.0 Å². The van der Waals surface area contributed by atoms with Crippen LogP contribution in [0, 0.1) is 0 Å². The average molecular weight is 437 g/mol. The summed E-state index contributed by atoms with van der Waals surface area (Å²) < 4.78 is 16.6. The number of nitrogens with one attached hydrogen (secondary N) is 2. The molecule has 2 N–H and O–H groups in total. The van der Waals surface area contributed by atoms with E-state index in [0.29, 0.717) is 13.2 Å². The molecule has 1 fully saturated rings. The van der Waals surface area contributed by atoms with Gasteiger partial charge < -0.3 is 29.4 Å². The van der Waals surface area contributed by atoms with Gasteiger partial charge in [0.05, 0.1) is 12.4 Å². The number of hydrogen-bond acceptors (Lipinski definition) is 5. The molecule has 2 rings (SSSR count). The maximum atomic E-state index is 11.6. The molecule has 1 aliphatic heterocycles. The van der Waals surface area contributed by atoms with Gasteiger partial charge in [-0.25, -0.2) is 4.79 Å². The van der Waals surface area contributed by atoms with Gasteiger partial charge in [-0.2, -0.15) is 0 Å². The van der Waals surface area contributed by atoms with Gasteiger partial charge in [-0.3, -0.25) is 4.99 Å². The van der Waals surface area contributed by atoms with Gasteiger partial charge in [0, 0.05) is 45.8 Å². The fourth-order valence-corrected chi connectivity index (χ4v) is 3.30. The number of piperidine rings is 1. The van der Waals surface area contributed by atoms with Crippen LogP contribution in [0.1, 0.15) is 59.1 Å². The SMILES string of the molecule is CCCN=C(NCCc1ccco1)N1CCC(OCCCNC(=O)OC(C)(C)C)CC1. The molecule has 8 heteroatoms. The third-order valence-corrected chi connectivity index (χ3v) is 4.80. The molecule has 176 valence electrons. The van der Waals surface area contributed by atoms with E-state index < -0.39 is 5.60 Å². The zero-order valence-corrected chi connectivity index (χ0v) is 19.6. The standard InChI is InChI=1S/C23H40N4O4/c1-5-12-24-21(25-14-9-19-8-6-17-29-19)27-15-10-20(11-16-27)30-18-7-13-26-22(28)31-23(2,3)4/h6,8,17,20H,5,7,9-16,18H2,1-4H3,(H,24,25)(H,26,28). The van der Waals surface area contributed by atoms with Crippen LogP contribution < -0.4 is 10.6 Å². The third kappa shape index (κ3) is 10.6. The van der Waals surface area contributed by atoms with Crippen LogP contribution in [0.25, 0.3) is 0 Å². The summed E-state index contributed by atoms with van der Waals surface area (Å²) in [6.07, 6.45) is 6.19. The van der Waals surface area contributed by atoms with Crippen molar-refractivity contribution in [3.05, 3.63) is 24.2 Å². The number of amides is 1. The number of hydrogen-bond donors (Lipinski definition) is 2. The Labute approximate surface area is 186 Å². The molecule has 1 aromatic heterocycles. The van der Waals surface area contributed by atoms with Crippen LogP contribution in [0.3, 0.4) is 0 Å². The minimum absolute atomic E-state index is 0.258. The van der Waals surface area contributed by atoms with Crippen LogP contribution in [-0.2, 0) is 15.9 Å². The van der Waals surface area contributed by atoms with Crippen LogP contribution in [-0.4, -0.2) is 68.0 Å². The van der Waals surface area contributed by atoms with Crippen molar-refractivity contribution in [3.63, 3.8) is 0 Å². The van der Waals surface area contributed by atoms with Crippen molar-refractivity contribution in [2.24, 2.45) is 4.99 Å². The molecule has 0 aliphatic carbocycles. The van der Waals surface area contributed by atoms with E-state index in [2.05, 4.69) is 22.5 Å². The summed E-state index contributed by atoms with van der Waals surface area (Å²) in [6.45, 7) is 12.4. The van der Waals surface area contributed by atoms with Crippen molar-refractivity contribution >= 4 is 12.1 Å². The Morgan fingerprint density at radius 1 is 1.26 bits per heavy atom. The fraction of sp³-hybridized carbons (Fsp3) is 0.739. The number of likely N-dealkylation sites (tertiary alicyclic amines) is 1. The summed E-state index contributed by atoms with van der Waals surface area (Å²) in [7, 11) is 0. The highest BCUT2D eigenvalue weighted by Crippen LogP contribution is 2.14. The first-order chi connectivity index (χ1) is 14.9. The lowest BCUT2D eigenvalue weighted by molar-refractivity contribution is 0.0170. The molecular weight excluding hydrogens is 396 g/mol. The molecule has 2 heterocycles. The molecule has 8 nitrogen and oxygen atoms in total. The van der Waals surface area contributed by atoms with Crippen molar-refractivity contribution < 1.29 is 18.7 Å². The topological polar surface area (TPSA) is 88.3 Å². The third-order valence-electron chi connectivity index (χ3n) is 4.80. The van der Waals surface area contributed by atoms with Gasteiger partial charge in [0.15, 0.2) is 5.96 Å². The van der Waals surface area contributed by atoms with Crippen LogP contribution in [0.5, 0.6) is 0 Å². The minimum atomic E-state index is -0.471. The van der Waals surface area contributed by atoms with Crippen LogP contribution in [0.15, 0.2) is 27.8 Å². The smallest absolute Gasteiger partial charge is 0.407 e. The average Bonchev–Trinajstić information content (AvgIpc) is 3.23. The predicted octanol–water partition coefficient (Wildman–Crippen LogP) is 3.57.